The second-order valence-corrected chi connectivity index (χ2v) is 5.90. The summed E-state index contributed by atoms with van der Waals surface area (Å²) >= 11 is 0. The van der Waals surface area contributed by atoms with Crippen molar-refractivity contribution in [2.24, 2.45) is 5.73 Å². The summed E-state index contributed by atoms with van der Waals surface area (Å²) in [6.45, 7) is 5.86. The Labute approximate surface area is 125 Å². The van der Waals surface area contributed by atoms with Crippen LogP contribution in [0.15, 0.2) is 48.5 Å². The first-order chi connectivity index (χ1) is 9.92. The van der Waals surface area contributed by atoms with Crippen LogP contribution in [-0.2, 0) is 11.3 Å². The molecule has 0 radical (unpaired) electrons. The third-order valence-corrected chi connectivity index (χ3v) is 3.08. The predicted molar refractivity (Wildman–Crippen MR) is 84.9 cm³/mol. The molecule has 0 heterocycles. The van der Waals surface area contributed by atoms with Gasteiger partial charge in [0, 0.05) is 6.54 Å². The normalized spacial score (nSPS) is 11.2. The lowest BCUT2D eigenvalue weighted by Crippen LogP contribution is -2.25. The maximum absolute atomic E-state index is 12.3. The highest BCUT2D eigenvalue weighted by molar-refractivity contribution is 5.93. The van der Waals surface area contributed by atoms with Crippen molar-refractivity contribution in [1.29, 1.82) is 0 Å². The van der Waals surface area contributed by atoms with E-state index in [0.717, 1.165) is 16.7 Å². The molecule has 0 atom stereocenters. The van der Waals surface area contributed by atoms with Crippen LogP contribution in [0.2, 0.25) is 0 Å². The van der Waals surface area contributed by atoms with Gasteiger partial charge in [0.05, 0.1) is 5.56 Å². The highest BCUT2D eigenvalue weighted by Crippen LogP contribution is 2.27. The highest BCUT2D eigenvalue weighted by Gasteiger charge is 2.21. The summed E-state index contributed by atoms with van der Waals surface area (Å²) in [6, 6.07) is 15.5. The number of nitrogens with two attached hydrogens (primary N) is 1. The molecule has 0 bridgehead atoms. The number of carbonyl (C=O) groups excluding carboxylic acids is 1. The second-order valence-electron chi connectivity index (χ2n) is 5.90. The summed E-state index contributed by atoms with van der Waals surface area (Å²) in [4.78, 5) is 12.3. The first-order valence-corrected chi connectivity index (χ1v) is 7.03. The van der Waals surface area contributed by atoms with E-state index in [4.69, 9.17) is 10.5 Å². The molecule has 0 aliphatic heterocycles. The Hall–Kier alpha value is -2.13. The van der Waals surface area contributed by atoms with Crippen LogP contribution in [0.5, 0.6) is 0 Å². The lowest BCUT2D eigenvalue weighted by molar-refractivity contribution is 0.00684. The van der Waals surface area contributed by atoms with E-state index in [1.54, 1.807) is 6.07 Å². The van der Waals surface area contributed by atoms with Crippen molar-refractivity contribution in [2.75, 3.05) is 0 Å². The molecule has 0 saturated heterocycles. The number of rotatable bonds is 3. The molecular weight excluding hydrogens is 262 g/mol. The van der Waals surface area contributed by atoms with Crippen LogP contribution in [0.4, 0.5) is 0 Å². The van der Waals surface area contributed by atoms with E-state index in [1.807, 2.05) is 63.2 Å². The molecule has 2 rings (SSSR count). The van der Waals surface area contributed by atoms with Gasteiger partial charge in [-0.3, -0.25) is 0 Å². The monoisotopic (exact) mass is 283 g/mol. The average molecular weight is 283 g/mol. The quantitative estimate of drug-likeness (QED) is 0.872. The van der Waals surface area contributed by atoms with Crippen LogP contribution < -0.4 is 5.73 Å². The molecule has 0 aliphatic rings. The van der Waals surface area contributed by atoms with Gasteiger partial charge in [0.1, 0.15) is 5.60 Å². The van der Waals surface area contributed by atoms with Crippen LogP contribution >= 0.6 is 0 Å². The summed E-state index contributed by atoms with van der Waals surface area (Å²) in [5.41, 5.74) is 8.73. The molecule has 0 unspecified atom stereocenters. The van der Waals surface area contributed by atoms with Crippen molar-refractivity contribution in [1.82, 2.24) is 0 Å². The van der Waals surface area contributed by atoms with Gasteiger partial charge in [-0.15, -0.1) is 0 Å². The molecule has 0 spiro atoms. The summed E-state index contributed by atoms with van der Waals surface area (Å²) < 4.78 is 5.46. The topological polar surface area (TPSA) is 52.3 Å². The molecule has 0 aliphatic carbocycles. The van der Waals surface area contributed by atoms with E-state index in [-0.39, 0.29) is 5.97 Å². The Morgan fingerprint density at radius 2 is 1.71 bits per heavy atom. The SMILES string of the molecule is CC(C)(C)OC(=O)c1cccc(-c2ccccc2)c1CN. The lowest BCUT2D eigenvalue weighted by Gasteiger charge is -2.21. The van der Waals surface area contributed by atoms with Gasteiger partial charge >= 0.3 is 5.97 Å². The van der Waals surface area contributed by atoms with Crippen LogP contribution in [-0.4, -0.2) is 11.6 Å². The van der Waals surface area contributed by atoms with Gasteiger partial charge in [-0.2, -0.15) is 0 Å². The number of hydrogen-bond acceptors (Lipinski definition) is 3. The second kappa shape index (κ2) is 6.10. The average Bonchev–Trinajstić information content (AvgIpc) is 2.45. The van der Waals surface area contributed by atoms with Gasteiger partial charge < -0.3 is 10.5 Å². The number of ether oxygens (including phenoxy) is 1. The van der Waals surface area contributed by atoms with Gasteiger partial charge in [0.2, 0.25) is 0 Å². The van der Waals surface area contributed by atoms with Gasteiger partial charge in [0.25, 0.3) is 0 Å². The molecule has 0 saturated carbocycles. The fourth-order valence-electron chi connectivity index (χ4n) is 2.22. The van der Waals surface area contributed by atoms with Crippen LogP contribution in [0.3, 0.4) is 0 Å². The molecular formula is C18H21NO2. The Morgan fingerprint density at radius 1 is 1.05 bits per heavy atom. The Morgan fingerprint density at radius 3 is 2.29 bits per heavy atom. The zero-order chi connectivity index (χ0) is 15.5. The van der Waals surface area contributed by atoms with E-state index in [0.29, 0.717) is 12.1 Å². The van der Waals surface area contributed by atoms with Gasteiger partial charge in [-0.25, -0.2) is 4.79 Å². The fraction of sp³-hybridized carbons (Fsp3) is 0.278. The summed E-state index contributed by atoms with van der Waals surface area (Å²) in [5, 5.41) is 0. The maximum Gasteiger partial charge on any atom is 0.338 e. The minimum absolute atomic E-state index is 0.291. The van der Waals surface area contributed by atoms with Crippen LogP contribution in [0, 0.1) is 0 Å². The smallest absolute Gasteiger partial charge is 0.338 e. The maximum atomic E-state index is 12.3. The minimum Gasteiger partial charge on any atom is -0.456 e. The summed E-state index contributed by atoms with van der Waals surface area (Å²) in [7, 11) is 0. The van der Waals surface area contributed by atoms with Crippen molar-refractivity contribution in [2.45, 2.75) is 32.9 Å². The summed E-state index contributed by atoms with van der Waals surface area (Å²) in [5.74, 6) is -0.333. The van der Waals surface area contributed by atoms with Gasteiger partial charge in [-0.1, -0.05) is 42.5 Å². The third kappa shape index (κ3) is 3.70. The molecule has 0 fully saturated rings. The molecule has 2 aromatic rings. The molecule has 0 aromatic heterocycles. The van der Waals surface area contributed by atoms with Crippen molar-refractivity contribution >= 4 is 5.97 Å². The minimum atomic E-state index is -0.522. The molecule has 2 N–H and O–H groups in total. The lowest BCUT2D eigenvalue weighted by atomic mass is 9.95. The van der Waals surface area contributed by atoms with E-state index in [1.165, 1.54) is 0 Å². The first-order valence-electron chi connectivity index (χ1n) is 7.03. The molecule has 110 valence electrons. The predicted octanol–water partition coefficient (Wildman–Crippen LogP) is 3.77. The van der Waals surface area contributed by atoms with E-state index in [2.05, 4.69) is 0 Å². The van der Waals surface area contributed by atoms with E-state index in [9.17, 15) is 4.79 Å². The Kier molecular flexibility index (Phi) is 4.43. The number of hydrogen-bond donors (Lipinski definition) is 1. The molecule has 0 amide bonds. The number of benzene rings is 2. The van der Waals surface area contributed by atoms with Gasteiger partial charge in [-0.05, 0) is 43.5 Å². The highest BCUT2D eigenvalue weighted by atomic mass is 16.6. The number of carbonyl (C=O) groups is 1. The Bertz CT molecular complexity index is 627. The molecule has 3 heteroatoms. The standard InChI is InChI=1S/C18H21NO2/c1-18(2,3)21-17(20)15-11-7-10-14(16(15)12-19)13-8-5-4-6-9-13/h4-11H,12,19H2,1-3H3. The van der Waals surface area contributed by atoms with Gasteiger partial charge in [0.15, 0.2) is 0 Å². The summed E-state index contributed by atoms with van der Waals surface area (Å²) in [6.07, 6.45) is 0. The zero-order valence-corrected chi connectivity index (χ0v) is 12.7. The van der Waals surface area contributed by atoms with Crippen molar-refractivity contribution in [3.05, 3.63) is 59.7 Å². The molecule has 3 nitrogen and oxygen atoms in total. The van der Waals surface area contributed by atoms with Crippen LogP contribution in [0.25, 0.3) is 11.1 Å². The largest absolute Gasteiger partial charge is 0.456 e. The Balaban J connectivity index is 2.47. The number of esters is 1. The third-order valence-electron chi connectivity index (χ3n) is 3.08. The molecule has 21 heavy (non-hydrogen) atoms. The van der Waals surface area contributed by atoms with E-state index < -0.39 is 5.60 Å². The van der Waals surface area contributed by atoms with Crippen molar-refractivity contribution in [3.8, 4) is 11.1 Å². The molecule has 2 aromatic carbocycles. The van der Waals surface area contributed by atoms with Crippen LogP contribution in [0.1, 0.15) is 36.7 Å². The fourth-order valence-corrected chi connectivity index (χ4v) is 2.22. The van der Waals surface area contributed by atoms with E-state index >= 15 is 0 Å². The van der Waals surface area contributed by atoms with Crippen molar-refractivity contribution in [3.63, 3.8) is 0 Å². The van der Waals surface area contributed by atoms with Crippen molar-refractivity contribution < 1.29 is 9.53 Å². The zero-order valence-electron chi connectivity index (χ0n) is 12.7. The first kappa shape index (κ1) is 15.3.